The number of ether oxygens (including phenoxy) is 1. The van der Waals surface area contributed by atoms with E-state index in [0.29, 0.717) is 0 Å². The summed E-state index contributed by atoms with van der Waals surface area (Å²) >= 11 is 0. The third-order valence-electron chi connectivity index (χ3n) is 4.95. The summed E-state index contributed by atoms with van der Waals surface area (Å²) in [6.45, 7) is 10.0. The molecule has 1 saturated heterocycles. The van der Waals surface area contributed by atoms with Crippen molar-refractivity contribution in [2.75, 3.05) is 44.7 Å². The number of hydrogen-bond donors (Lipinski definition) is 2. The van der Waals surface area contributed by atoms with Crippen molar-refractivity contribution in [2.45, 2.75) is 13.8 Å². The number of quaternary nitrogens is 1. The van der Waals surface area contributed by atoms with Gasteiger partial charge in [-0.2, -0.15) is 9.61 Å². The van der Waals surface area contributed by atoms with Gasteiger partial charge in [-0.15, -0.1) is 0 Å². The lowest BCUT2D eigenvalue weighted by Gasteiger charge is -2.23. The average Bonchev–Trinajstić information content (AvgIpc) is 3.07. The third kappa shape index (κ3) is 3.57. The first-order valence-corrected chi connectivity index (χ1v) is 9.28. The van der Waals surface area contributed by atoms with Gasteiger partial charge in [0, 0.05) is 17.3 Å². The molecule has 1 fully saturated rings. The van der Waals surface area contributed by atoms with E-state index < -0.39 is 0 Å². The molecule has 6 heteroatoms. The monoisotopic (exact) mass is 352 g/mol. The first-order valence-electron chi connectivity index (χ1n) is 9.28. The van der Waals surface area contributed by atoms with Crippen LogP contribution in [-0.2, 0) is 4.74 Å². The highest BCUT2D eigenvalue weighted by molar-refractivity contribution is 5.78. The summed E-state index contributed by atoms with van der Waals surface area (Å²) in [4.78, 5) is 6.32. The summed E-state index contributed by atoms with van der Waals surface area (Å²) < 4.78 is 7.34. The standard InChI is InChI=1S/C20H25N5O/c1-15-3-5-17(6-4-15)18-14-22-25-19(13-16(2)23-20(18)25)21-7-8-24-9-11-26-12-10-24/h3-6,13-14,21H,7-12H2,1-2H3/p+1. The number of aryl methyl sites for hydroxylation is 2. The van der Waals surface area contributed by atoms with Crippen LogP contribution in [0.25, 0.3) is 16.8 Å². The molecule has 0 radical (unpaired) electrons. The first-order chi connectivity index (χ1) is 12.7. The number of anilines is 1. The Kier molecular flexibility index (Phi) is 4.86. The molecule has 0 amide bonds. The maximum absolute atomic E-state index is 5.43. The van der Waals surface area contributed by atoms with Gasteiger partial charge in [0.2, 0.25) is 0 Å². The molecule has 2 aromatic heterocycles. The van der Waals surface area contributed by atoms with E-state index in [2.05, 4.69) is 47.7 Å². The Bertz CT molecular complexity index is 881. The molecule has 1 aliphatic rings. The van der Waals surface area contributed by atoms with Gasteiger partial charge in [0.1, 0.15) is 18.9 Å². The van der Waals surface area contributed by atoms with Crippen molar-refractivity contribution in [3.05, 3.63) is 47.8 Å². The van der Waals surface area contributed by atoms with Gasteiger partial charge in [0.25, 0.3) is 0 Å². The number of rotatable bonds is 5. The molecule has 0 saturated carbocycles. The Hall–Kier alpha value is -2.44. The molecule has 6 nitrogen and oxygen atoms in total. The normalized spacial score (nSPS) is 15.5. The molecule has 0 aliphatic carbocycles. The molecule has 4 rings (SSSR count). The summed E-state index contributed by atoms with van der Waals surface area (Å²) in [7, 11) is 0. The Morgan fingerprint density at radius 2 is 1.92 bits per heavy atom. The van der Waals surface area contributed by atoms with E-state index >= 15 is 0 Å². The van der Waals surface area contributed by atoms with Crippen molar-refractivity contribution in [1.29, 1.82) is 0 Å². The predicted molar refractivity (Wildman–Crippen MR) is 103 cm³/mol. The van der Waals surface area contributed by atoms with Crippen molar-refractivity contribution in [2.24, 2.45) is 0 Å². The fourth-order valence-corrected chi connectivity index (χ4v) is 3.42. The van der Waals surface area contributed by atoms with E-state index in [1.165, 1.54) is 5.56 Å². The molecule has 0 bridgehead atoms. The first kappa shape index (κ1) is 17.0. The van der Waals surface area contributed by atoms with Crippen molar-refractivity contribution in [3.63, 3.8) is 0 Å². The van der Waals surface area contributed by atoms with Gasteiger partial charge < -0.3 is 15.0 Å². The Balaban J connectivity index is 1.56. The number of hydrogen-bond acceptors (Lipinski definition) is 4. The van der Waals surface area contributed by atoms with Gasteiger partial charge in [-0.3, -0.25) is 0 Å². The fourth-order valence-electron chi connectivity index (χ4n) is 3.42. The topological polar surface area (TPSA) is 55.9 Å². The molecule has 26 heavy (non-hydrogen) atoms. The number of benzene rings is 1. The van der Waals surface area contributed by atoms with Crippen LogP contribution in [0.4, 0.5) is 5.82 Å². The zero-order chi connectivity index (χ0) is 17.9. The summed E-state index contributed by atoms with van der Waals surface area (Å²) in [5, 5.41) is 8.14. The number of aromatic nitrogens is 3. The Morgan fingerprint density at radius 1 is 1.15 bits per heavy atom. The quantitative estimate of drug-likeness (QED) is 0.728. The van der Waals surface area contributed by atoms with Gasteiger partial charge in [0.05, 0.1) is 32.5 Å². The lowest BCUT2D eigenvalue weighted by molar-refractivity contribution is -0.906. The van der Waals surface area contributed by atoms with Crippen LogP contribution < -0.4 is 10.2 Å². The van der Waals surface area contributed by atoms with Crippen LogP contribution in [0.15, 0.2) is 36.5 Å². The van der Waals surface area contributed by atoms with E-state index in [-0.39, 0.29) is 0 Å². The summed E-state index contributed by atoms with van der Waals surface area (Å²) in [6.07, 6.45) is 1.91. The zero-order valence-electron chi connectivity index (χ0n) is 15.5. The largest absolute Gasteiger partial charge is 0.370 e. The van der Waals surface area contributed by atoms with E-state index in [1.54, 1.807) is 4.90 Å². The zero-order valence-corrected chi connectivity index (χ0v) is 15.5. The molecule has 3 aromatic rings. The smallest absolute Gasteiger partial charge is 0.165 e. The highest BCUT2D eigenvalue weighted by atomic mass is 16.5. The van der Waals surface area contributed by atoms with Crippen molar-refractivity contribution >= 4 is 11.5 Å². The SMILES string of the molecule is Cc1ccc(-c2cnn3c(NCC[NH+]4CCOCC4)cc(C)nc23)cc1. The van der Waals surface area contributed by atoms with Crippen LogP contribution >= 0.6 is 0 Å². The minimum Gasteiger partial charge on any atom is -0.370 e. The van der Waals surface area contributed by atoms with E-state index in [1.807, 2.05) is 17.6 Å². The maximum Gasteiger partial charge on any atom is 0.165 e. The molecule has 0 atom stereocenters. The molecule has 0 unspecified atom stereocenters. The number of nitrogens with one attached hydrogen (secondary N) is 2. The van der Waals surface area contributed by atoms with Gasteiger partial charge in [0.15, 0.2) is 5.65 Å². The molecule has 0 spiro atoms. The Morgan fingerprint density at radius 3 is 2.69 bits per heavy atom. The average molecular weight is 352 g/mol. The Labute approximate surface area is 153 Å². The van der Waals surface area contributed by atoms with Crippen molar-refractivity contribution in [1.82, 2.24) is 14.6 Å². The van der Waals surface area contributed by atoms with Crippen molar-refractivity contribution < 1.29 is 9.64 Å². The van der Waals surface area contributed by atoms with Gasteiger partial charge >= 0.3 is 0 Å². The minimum atomic E-state index is 0.868. The molecule has 3 heterocycles. The molecule has 2 N–H and O–H groups in total. The van der Waals surface area contributed by atoms with Gasteiger partial charge in [-0.05, 0) is 19.4 Å². The van der Waals surface area contributed by atoms with E-state index in [0.717, 1.165) is 67.7 Å². The number of nitrogens with zero attached hydrogens (tertiary/aromatic N) is 3. The second kappa shape index (κ2) is 7.43. The van der Waals surface area contributed by atoms with Crippen LogP contribution in [0.2, 0.25) is 0 Å². The predicted octanol–water partition coefficient (Wildman–Crippen LogP) is 1.34. The van der Waals surface area contributed by atoms with Gasteiger partial charge in [-0.1, -0.05) is 29.8 Å². The number of fused-ring (bicyclic) bond motifs is 1. The molecular formula is C20H26N5O+. The highest BCUT2D eigenvalue weighted by Gasteiger charge is 2.15. The molecule has 1 aliphatic heterocycles. The second-order valence-electron chi connectivity index (χ2n) is 6.98. The fraction of sp³-hybridized carbons (Fsp3) is 0.400. The molecule has 1 aromatic carbocycles. The summed E-state index contributed by atoms with van der Waals surface area (Å²) in [5.74, 6) is 0.999. The number of morpholine rings is 1. The lowest BCUT2D eigenvalue weighted by Crippen LogP contribution is -3.14. The second-order valence-corrected chi connectivity index (χ2v) is 6.98. The maximum atomic E-state index is 5.43. The van der Waals surface area contributed by atoms with Crippen molar-refractivity contribution in [3.8, 4) is 11.1 Å². The lowest BCUT2D eigenvalue weighted by atomic mass is 10.1. The minimum absolute atomic E-state index is 0.868. The summed E-state index contributed by atoms with van der Waals surface area (Å²) in [6, 6.07) is 10.6. The van der Waals surface area contributed by atoms with Crippen LogP contribution in [0.5, 0.6) is 0 Å². The van der Waals surface area contributed by atoms with Gasteiger partial charge in [-0.25, -0.2) is 4.98 Å². The van der Waals surface area contributed by atoms with E-state index in [4.69, 9.17) is 9.72 Å². The van der Waals surface area contributed by atoms with Crippen LogP contribution in [-0.4, -0.2) is 54.0 Å². The molecular weight excluding hydrogens is 326 g/mol. The van der Waals surface area contributed by atoms with Crippen LogP contribution in [0, 0.1) is 13.8 Å². The van der Waals surface area contributed by atoms with Crippen LogP contribution in [0.1, 0.15) is 11.3 Å². The van der Waals surface area contributed by atoms with E-state index in [9.17, 15) is 0 Å². The third-order valence-corrected chi connectivity index (χ3v) is 4.95. The van der Waals surface area contributed by atoms with Crippen LogP contribution in [0.3, 0.4) is 0 Å². The molecule has 136 valence electrons. The summed E-state index contributed by atoms with van der Waals surface area (Å²) in [5.41, 5.74) is 5.35. The highest BCUT2D eigenvalue weighted by Crippen LogP contribution is 2.25.